The third-order valence-corrected chi connectivity index (χ3v) is 4.78. The standard InChI is InChI=1S/C17H26ClNO2/c1-4-17(5-2,12-20)11-19-16(21)9-8-14-7-6-13(3)15(18)10-14/h6-7,10,20H,4-5,8-9,11-12H2,1-3H3,(H,19,21). The van der Waals surface area contributed by atoms with E-state index in [2.05, 4.69) is 5.32 Å². The minimum Gasteiger partial charge on any atom is -0.396 e. The van der Waals surface area contributed by atoms with E-state index in [1.807, 2.05) is 39.0 Å². The quantitative estimate of drug-likeness (QED) is 0.772. The van der Waals surface area contributed by atoms with Crippen LogP contribution < -0.4 is 5.32 Å². The van der Waals surface area contributed by atoms with Gasteiger partial charge in [0.1, 0.15) is 0 Å². The minimum atomic E-state index is -0.192. The third kappa shape index (κ3) is 5.33. The van der Waals surface area contributed by atoms with Crippen molar-refractivity contribution in [2.75, 3.05) is 13.2 Å². The molecule has 0 aromatic heterocycles. The number of carbonyl (C=O) groups excluding carboxylic acids is 1. The van der Waals surface area contributed by atoms with Crippen molar-refractivity contribution >= 4 is 17.5 Å². The van der Waals surface area contributed by atoms with Crippen molar-refractivity contribution in [1.29, 1.82) is 0 Å². The number of nitrogens with one attached hydrogen (secondary N) is 1. The molecular weight excluding hydrogens is 286 g/mol. The molecule has 0 fully saturated rings. The molecule has 3 nitrogen and oxygen atoms in total. The number of benzene rings is 1. The number of amides is 1. The van der Waals surface area contributed by atoms with E-state index in [0.29, 0.717) is 19.4 Å². The first kappa shape index (κ1) is 18.0. The van der Waals surface area contributed by atoms with Crippen LogP contribution in [-0.2, 0) is 11.2 Å². The molecule has 0 spiro atoms. The number of rotatable bonds is 8. The molecule has 0 unspecified atom stereocenters. The van der Waals surface area contributed by atoms with E-state index < -0.39 is 0 Å². The lowest BCUT2D eigenvalue weighted by atomic mass is 9.83. The summed E-state index contributed by atoms with van der Waals surface area (Å²) in [6, 6.07) is 5.89. The first-order valence-corrected chi connectivity index (χ1v) is 7.96. The van der Waals surface area contributed by atoms with Crippen molar-refractivity contribution in [2.45, 2.75) is 46.5 Å². The molecule has 21 heavy (non-hydrogen) atoms. The number of halogens is 1. The van der Waals surface area contributed by atoms with Gasteiger partial charge >= 0.3 is 0 Å². The average Bonchev–Trinajstić information content (AvgIpc) is 2.50. The Morgan fingerprint density at radius 3 is 2.52 bits per heavy atom. The van der Waals surface area contributed by atoms with Crippen LogP contribution in [0, 0.1) is 12.3 Å². The molecule has 4 heteroatoms. The number of aliphatic hydroxyl groups excluding tert-OH is 1. The molecule has 1 aromatic carbocycles. The van der Waals surface area contributed by atoms with Gasteiger partial charge in [-0.25, -0.2) is 0 Å². The van der Waals surface area contributed by atoms with Gasteiger partial charge in [0, 0.05) is 23.4 Å². The van der Waals surface area contributed by atoms with Gasteiger partial charge in [0.05, 0.1) is 6.61 Å². The highest BCUT2D eigenvalue weighted by atomic mass is 35.5. The van der Waals surface area contributed by atoms with Gasteiger partial charge in [-0.05, 0) is 43.4 Å². The number of aryl methyl sites for hydroxylation is 2. The van der Waals surface area contributed by atoms with Crippen LogP contribution in [0.5, 0.6) is 0 Å². The Bertz CT molecular complexity index is 462. The fraction of sp³-hybridized carbons (Fsp3) is 0.588. The van der Waals surface area contributed by atoms with Crippen LogP contribution in [0.1, 0.15) is 44.2 Å². The molecule has 1 rings (SSSR count). The highest BCUT2D eigenvalue weighted by molar-refractivity contribution is 6.31. The van der Waals surface area contributed by atoms with E-state index in [9.17, 15) is 9.90 Å². The highest BCUT2D eigenvalue weighted by Crippen LogP contribution is 2.24. The Morgan fingerprint density at radius 2 is 2.00 bits per heavy atom. The van der Waals surface area contributed by atoms with Crippen LogP contribution in [0.15, 0.2) is 18.2 Å². The molecule has 0 bridgehead atoms. The summed E-state index contributed by atoms with van der Waals surface area (Å²) in [4.78, 5) is 11.9. The minimum absolute atomic E-state index is 0.0198. The SMILES string of the molecule is CCC(CC)(CO)CNC(=O)CCc1ccc(C)c(Cl)c1. The number of hydrogen-bond donors (Lipinski definition) is 2. The van der Waals surface area contributed by atoms with E-state index in [-0.39, 0.29) is 17.9 Å². The van der Waals surface area contributed by atoms with E-state index in [1.165, 1.54) is 0 Å². The zero-order chi connectivity index (χ0) is 15.9. The second-order valence-electron chi connectivity index (χ2n) is 5.73. The Balaban J connectivity index is 2.45. The van der Waals surface area contributed by atoms with E-state index in [0.717, 1.165) is 29.0 Å². The third-order valence-electron chi connectivity index (χ3n) is 4.37. The molecule has 0 atom stereocenters. The largest absolute Gasteiger partial charge is 0.396 e. The Labute approximate surface area is 132 Å². The highest BCUT2D eigenvalue weighted by Gasteiger charge is 2.25. The molecule has 0 saturated heterocycles. The summed E-state index contributed by atoms with van der Waals surface area (Å²) in [7, 11) is 0. The fourth-order valence-corrected chi connectivity index (χ4v) is 2.41. The first-order chi connectivity index (χ1) is 9.96. The van der Waals surface area contributed by atoms with Gasteiger partial charge in [-0.15, -0.1) is 0 Å². The van der Waals surface area contributed by atoms with Crippen molar-refractivity contribution in [1.82, 2.24) is 5.32 Å². The molecule has 0 aliphatic heterocycles. The zero-order valence-corrected chi connectivity index (χ0v) is 14.0. The normalized spacial score (nSPS) is 11.5. The van der Waals surface area contributed by atoms with Crippen molar-refractivity contribution in [3.8, 4) is 0 Å². The maximum Gasteiger partial charge on any atom is 0.220 e. The van der Waals surface area contributed by atoms with Crippen LogP contribution >= 0.6 is 11.6 Å². The van der Waals surface area contributed by atoms with Gasteiger partial charge in [-0.3, -0.25) is 4.79 Å². The summed E-state index contributed by atoms with van der Waals surface area (Å²) >= 11 is 6.08. The lowest BCUT2D eigenvalue weighted by molar-refractivity contribution is -0.121. The van der Waals surface area contributed by atoms with Gasteiger partial charge in [0.15, 0.2) is 0 Å². The molecule has 0 saturated carbocycles. The lowest BCUT2D eigenvalue weighted by Gasteiger charge is -2.29. The fourth-order valence-electron chi connectivity index (χ4n) is 2.20. The predicted molar refractivity (Wildman–Crippen MR) is 87.6 cm³/mol. The molecule has 0 heterocycles. The molecule has 0 aliphatic carbocycles. The van der Waals surface area contributed by atoms with Crippen LogP contribution in [0.4, 0.5) is 0 Å². The average molecular weight is 312 g/mol. The van der Waals surface area contributed by atoms with Gasteiger partial charge in [0.25, 0.3) is 0 Å². The van der Waals surface area contributed by atoms with Crippen molar-refractivity contribution in [2.24, 2.45) is 5.41 Å². The zero-order valence-electron chi connectivity index (χ0n) is 13.2. The van der Waals surface area contributed by atoms with E-state index in [4.69, 9.17) is 11.6 Å². The van der Waals surface area contributed by atoms with Crippen LogP contribution in [-0.4, -0.2) is 24.2 Å². The summed E-state index contributed by atoms with van der Waals surface area (Å²) in [6.45, 7) is 6.68. The summed E-state index contributed by atoms with van der Waals surface area (Å²) in [6.07, 6.45) is 2.83. The number of hydrogen-bond acceptors (Lipinski definition) is 2. The smallest absolute Gasteiger partial charge is 0.220 e. The Kier molecular flexibility index (Phi) is 7.20. The van der Waals surface area contributed by atoms with Crippen molar-refractivity contribution in [3.05, 3.63) is 34.3 Å². The van der Waals surface area contributed by atoms with Crippen molar-refractivity contribution in [3.63, 3.8) is 0 Å². The molecule has 0 radical (unpaired) electrons. The van der Waals surface area contributed by atoms with E-state index >= 15 is 0 Å². The second-order valence-corrected chi connectivity index (χ2v) is 6.13. The second kappa shape index (κ2) is 8.40. The van der Waals surface area contributed by atoms with Gasteiger partial charge < -0.3 is 10.4 Å². The topological polar surface area (TPSA) is 49.3 Å². The molecule has 0 aliphatic rings. The Hall–Kier alpha value is -1.06. The molecular formula is C17H26ClNO2. The summed E-state index contributed by atoms with van der Waals surface area (Å²) in [5.74, 6) is 0.0198. The van der Waals surface area contributed by atoms with Gasteiger partial charge in [0.2, 0.25) is 5.91 Å². The van der Waals surface area contributed by atoms with Crippen LogP contribution in [0.3, 0.4) is 0 Å². The van der Waals surface area contributed by atoms with Gasteiger partial charge in [-0.2, -0.15) is 0 Å². The van der Waals surface area contributed by atoms with Gasteiger partial charge in [-0.1, -0.05) is 37.6 Å². The Morgan fingerprint density at radius 1 is 1.33 bits per heavy atom. The van der Waals surface area contributed by atoms with E-state index in [1.54, 1.807) is 0 Å². The lowest BCUT2D eigenvalue weighted by Crippen LogP contribution is -2.39. The van der Waals surface area contributed by atoms with Crippen LogP contribution in [0.25, 0.3) is 0 Å². The maximum absolute atomic E-state index is 11.9. The molecule has 1 aromatic rings. The number of aliphatic hydroxyl groups is 1. The maximum atomic E-state index is 11.9. The summed E-state index contributed by atoms with van der Waals surface area (Å²) < 4.78 is 0. The predicted octanol–water partition coefficient (Wildman–Crippen LogP) is 3.50. The number of carbonyl (C=O) groups is 1. The molecule has 2 N–H and O–H groups in total. The molecule has 118 valence electrons. The van der Waals surface area contributed by atoms with Crippen molar-refractivity contribution < 1.29 is 9.90 Å². The summed E-state index contributed by atoms with van der Waals surface area (Å²) in [5, 5.41) is 13.2. The molecule has 1 amide bonds. The first-order valence-electron chi connectivity index (χ1n) is 7.59. The summed E-state index contributed by atoms with van der Waals surface area (Å²) in [5.41, 5.74) is 1.92. The monoisotopic (exact) mass is 311 g/mol. The van der Waals surface area contributed by atoms with Crippen LogP contribution in [0.2, 0.25) is 5.02 Å².